The molecule has 1 aromatic carbocycles. The molecule has 9 heteroatoms. The van der Waals surface area contributed by atoms with Crippen LogP contribution in [0, 0.1) is 0 Å². The molecule has 0 bridgehead atoms. The molecule has 0 atom stereocenters. The van der Waals surface area contributed by atoms with Crippen molar-refractivity contribution in [3.8, 4) is 22.6 Å². The van der Waals surface area contributed by atoms with Gasteiger partial charge in [-0.05, 0) is 36.2 Å². The highest BCUT2D eigenvalue weighted by Crippen LogP contribution is 2.29. The van der Waals surface area contributed by atoms with Crippen molar-refractivity contribution in [2.75, 3.05) is 26.4 Å². The summed E-state index contributed by atoms with van der Waals surface area (Å²) in [5.74, 6) is 0.694. The number of pyridine rings is 2. The first kappa shape index (κ1) is 21.1. The molecule has 0 aliphatic carbocycles. The molecule has 0 fully saturated rings. The molecule has 0 saturated carbocycles. The number of alkyl halides is 2. The van der Waals surface area contributed by atoms with E-state index in [-0.39, 0.29) is 6.54 Å². The molecule has 0 unspecified atom stereocenters. The highest BCUT2D eigenvalue weighted by atomic mass is 19.1. The third kappa shape index (κ3) is 4.45. The van der Waals surface area contributed by atoms with E-state index in [9.17, 15) is 8.78 Å². The highest BCUT2D eigenvalue weighted by molar-refractivity contribution is 5.93. The number of hydrogen-bond acceptors (Lipinski definition) is 5. The van der Waals surface area contributed by atoms with Crippen LogP contribution in [0.25, 0.3) is 44.7 Å². The first-order chi connectivity index (χ1) is 16.2. The van der Waals surface area contributed by atoms with Crippen LogP contribution in [0.1, 0.15) is 12.0 Å². The second-order valence-corrected chi connectivity index (χ2v) is 7.89. The Hall–Kier alpha value is -3.72. The first-order valence-electron chi connectivity index (χ1n) is 10.8. The minimum Gasteiger partial charge on any atom is -0.337 e. The lowest BCUT2D eigenvalue weighted by Gasteiger charge is -2.20. The van der Waals surface area contributed by atoms with Crippen molar-refractivity contribution in [2.45, 2.75) is 13.0 Å². The quantitative estimate of drug-likeness (QED) is 0.342. The first-order valence-corrected chi connectivity index (χ1v) is 10.8. The lowest BCUT2D eigenvalue weighted by molar-refractivity contribution is 0.229. The van der Waals surface area contributed by atoms with E-state index in [1.165, 1.54) is 0 Å². The fourth-order valence-electron chi connectivity index (χ4n) is 3.97. The number of nitrogens with one attached hydrogen (secondary N) is 2. The van der Waals surface area contributed by atoms with E-state index in [1.807, 2.05) is 41.3 Å². The topological polar surface area (TPSA) is 86.4 Å². The summed E-state index contributed by atoms with van der Waals surface area (Å²) in [6.45, 7) is 0.411. The Labute approximate surface area is 188 Å². The summed E-state index contributed by atoms with van der Waals surface area (Å²) in [4.78, 5) is 18.8. The lowest BCUT2D eigenvalue weighted by Crippen LogP contribution is -2.27. The number of para-hydroxylation sites is 2. The minimum absolute atomic E-state index is 0.271. The maximum Gasteiger partial charge on any atom is 0.181 e. The number of imidazole rings is 1. The average molecular weight is 447 g/mol. The lowest BCUT2D eigenvalue weighted by atomic mass is 10.1. The van der Waals surface area contributed by atoms with Gasteiger partial charge in [0, 0.05) is 49.4 Å². The van der Waals surface area contributed by atoms with Crippen molar-refractivity contribution in [2.24, 2.45) is 0 Å². The normalized spacial score (nSPS) is 11.7. The fraction of sp³-hybridized carbons (Fsp3) is 0.250. The Bertz CT molecular complexity index is 1340. The van der Waals surface area contributed by atoms with Gasteiger partial charge in [-0.1, -0.05) is 12.1 Å². The molecule has 4 aromatic heterocycles. The van der Waals surface area contributed by atoms with E-state index in [1.54, 1.807) is 18.6 Å². The number of aromatic nitrogens is 6. The minimum atomic E-state index is -0.467. The number of H-pyrrole nitrogens is 2. The Morgan fingerprint density at radius 3 is 2.67 bits per heavy atom. The molecule has 5 rings (SSSR count). The largest absolute Gasteiger partial charge is 0.337 e. The fourth-order valence-corrected chi connectivity index (χ4v) is 3.97. The van der Waals surface area contributed by atoms with Gasteiger partial charge in [0.05, 0.1) is 23.1 Å². The zero-order valence-corrected chi connectivity index (χ0v) is 17.9. The van der Waals surface area contributed by atoms with Gasteiger partial charge in [-0.3, -0.25) is 19.4 Å². The molecule has 4 heterocycles. The molecule has 5 aromatic rings. The average Bonchev–Trinajstić information content (AvgIpc) is 3.46. The van der Waals surface area contributed by atoms with Gasteiger partial charge in [0.25, 0.3) is 0 Å². The van der Waals surface area contributed by atoms with Crippen molar-refractivity contribution in [3.05, 3.63) is 60.6 Å². The SMILES string of the molecule is FCCCN(CCF)Cc1cncc(-c2cnc3n[nH]c(-c4nc5ccccc5[nH]4)c3c2)c1. The summed E-state index contributed by atoms with van der Waals surface area (Å²) in [7, 11) is 0. The summed E-state index contributed by atoms with van der Waals surface area (Å²) < 4.78 is 25.5. The molecule has 33 heavy (non-hydrogen) atoms. The van der Waals surface area contributed by atoms with Crippen molar-refractivity contribution in [1.82, 2.24) is 35.0 Å². The van der Waals surface area contributed by atoms with E-state index >= 15 is 0 Å². The second-order valence-electron chi connectivity index (χ2n) is 7.89. The van der Waals surface area contributed by atoms with Crippen LogP contribution < -0.4 is 0 Å². The van der Waals surface area contributed by atoms with Gasteiger partial charge in [0.15, 0.2) is 11.5 Å². The van der Waals surface area contributed by atoms with E-state index in [0.29, 0.717) is 31.0 Å². The van der Waals surface area contributed by atoms with Crippen LogP contribution in [0.3, 0.4) is 0 Å². The molecular weight excluding hydrogens is 424 g/mol. The Kier molecular flexibility index (Phi) is 6.03. The van der Waals surface area contributed by atoms with Gasteiger partial charge in [-0.15, -0.1) is 0 Å². The van der Waals surface area contributed by atoms with Crippen LogP contribution in [0.5, 0.6) is 0 Å². The van der Waals surface area contributed by atoms with Crippen LogP contribution in [-0.4, -0.2) is 61.5 Å². The Morgan fingerprint density at radius 2 is 1.82 bits per heavy atom. The molecule has 0 saturated heterocycles. The summed E-state index contributed by atoms with van der Waals surface area (Å²) in [6.07, 6.45) is 5.68. The van der Waals surface area contributed by atoms with Crippen LogP contribution in [0.15, 0.2) is 55.0 Å². The van der Waals surface area contributed by atoms with Gasteiger partial charge in [-0.2, -0.15) is 5.10 Å². The molecule has 168 valence electrons. The molecule has 0 aliphatic rings. The van der Waals surface area contributed by atoms with E-state index < -0.39 is 13.3 Å². The zero-order valence-electron chi connectivity index (χ0n) is 17.9. The van der Waals surface area contributed by atoms with Gasteiger partial charge >= 0.3 is 0 Å². The molecule has 2 N–H and O–H groups in total. The third-order valence-corrected chi connectivity index (χ3v) is 5.58. The number of halogens is 2. The Morgan fingerprint density at radius 1 is 0.939 bits per heavy atom. The molecule has 0 spiro atoms. The van der Waals surface area contributed by atoms with Crippen LogP contribution in [0.2, 0.25) is 0 Å². The van der Waals surface area contributed by atoms with E-state index in [0.717, 1.165) is 38.8 Å². The molecular formula is C24H23F2N7. The zero-order chi connectivity index (χ0) is 22.6. The summed E-state index contributed by atoms with van der Waals surface area (Å²) in [6, 6.07) is 11.9. The predicted molar refractivity (Wildman–Crippen MR) is 124 cm³/mol. The van der Waals surface area contributed by atoms with Gasteiger partial charge in [0.1, 0.15) is 12.4 Å². The monoisotopic (exact) mass is 447 g/mol. The second kappa shape index (κ2) is 9.41. The van der Waals surface area contributed by atoms with E-state index in [4.69, 9.17) is 0 Å². The van der Waals surface area contributed by atoms with Crippen molar-refractivity contribution < 1.29 is 8.78 Å². The van der Waals surface area contributed by atoms with E-state index in [2.05, 4.69) is 30.1 Å². The number of fused-ring (bicyclic) bond motifs is 2. The molecule has 0 amide bonds. The summed E-state index contributed by atoms with van der Waals surface area (Å²) >= 11 is 0. The van der Waals surface area contributed by atoms with Gasteiger partial charge < -0.3 is 4.98 Å². The number of nitrogens with zero attached hydrogens (tertiary/aromatic N) is 5. The van der Waals surface area contributed by atoms with Crippen LogP contribution in [0.4, 0.5) is 8.78 Å². The summed E-state index contributed by atoms with van der Waals surface area (Å²) in [5.41, 5.74) is 5.90. The van der Waals surface area contributed by atoms with Crippen LogP contribution >= 0.6 is 0 Å². The molecule has 0 radical (unpaired) electrons. The van der Waals surface area contributed by atoms with Gasteiger partial charge in [0.2, 0.25) is 0 Å². The standard InChI is InChI=1S/C24H23F2N7/c25-6-3-8-33(9-7-26)15-16-10-17(13-27-12-16)18-11-19-22(31-32-23(19)28-14-18)24-29-20-4-1-2-5-21(20)30-24/h1-2,4-5,10-14H,3,6-9,15H2,(H,29,30)(H,28,31,32). The molecule has 7 nitrogen and oxygen atoms in total. The Balaban J connectivity index is 1.46. The van der Waals surface area contributed by atoms with Crippen molar-refractivity contribution >= 4 is 22.1 Å². The molecule has 0 aliphatic heterocycles. The third-order valence-electron chi connectivity index (χ3n) is 5.58. The number of benzene rings is 1. The number of hydrogen-bond donors (Lipinski definition) is 2. The maximum absolute atomic E-state index is 12.9. The predicted octanol–water partition coefficient (Wildman–Crippen LogP) is 4.69. The van der Waals surface area contributed by atoms with Gasteiger partial charge in [-0.25, -0.2) is 14.4 Å². The number of rotatable bonds is 9. The highest BCUT2D eigenvalue weighted by Gasteiger charge is 2.14. The summed E-state index contributed by atoms with van der Waals surface area (Å²) in [5, 5.41) is 8.21. The van der Waals surface area contributed by atoms with Crippen molar-refractivity contribution in [3.63, 3.8) is 0 Å². The number of aromatic amines is 2. The maximum atomic E-state index is 12.9. The van der Waals surface area contributed by atoms with Crippen LogP contribution in [-0.2, 0) is 6.54 Å². The van der Waals surface area contributed by atoms with Crippen molar-refractivity contribution in [1.29, 1.82) is 0 Å². The smallest absolute Gasteiger partial charge is 0.181 e.